The Hall–Kier alpha value is -1.31. The fraction of sp³-hybridized carbons (Fsp3) is 0.533. The van der Waals surface area contributed by atoms with Gasteiger partial charge in [-0.1, -0.05) is 38.5 Å². The highest BCUT2D eigenvalue weighted by Gasteiger charge is 2.28. The minimum atomic E-state index is -0.215. The number of hydrogen-bond acceptors (Lipinski definition) is 2. The summed E-state index contributed by atoms with van der Waals surface area (Å²) in [6.45, 7) is 9.90. The smallest absolute Gasteiger partial charge is 0.334 e. The van der Waals surface area contributed by atoms with Gasteiger partial charge in [0.05, 0.1) is 0 Å². The minimum absolute atomic E-state index is 0.157. The number of unbranched alkanes of at least 4 members (excludes halogenated alkanes) is 3. The maximum Gasteiger partial charge on any atom is 0.334 e. The fourth-order valence-corrected chi connectivity index (χ4v) is 2.05. The number of hydrogen-bond donors (Lipinski definition) is 0. The second-order valence-electron chi connectivity index (χ2n) is 4.51. The Kier molecular flexibility index (Phi) is 5.20. The van der Waals surface area contributed by atoms with Crippen LogP contribution in [-0.4, -0.2) is 12.1 Å². The second kappa shape index (κ2) is 6.43. The first-order chi connectivity index (χ1) is 8.07. The van der Waals surface area contributed by atoms with E-state index in [4.69, 9.17) is 4.74 Å². The highest BCUT2D eigenvalue weighted by atomic mass is 16.5. The van der Waals surface area contributed by atoms with Crippen molar-refractivity contribution in [1.29, 1.82) is 0 Å². The van der Waals surface area contributed by atoms with Gasteiger partial charge in [-0.05, 0) is 32.3 Å². The van der Waals surface area contributed by atoms with Gasteiger partial charge in [-0.15, -0.1) is 0 Å². The van der Waals surface area contributed by atoms with E-state index in [2.05, 4.69) is 19.6 Å². The van der Waals surface area contributed by atoms with E-state index in [1.54, 1.807) is 6.92 Å². The molecule has 1 rings (SSSR count). The summed E-state index contributed by atoms with van der Waals surface area (Å²) in [6, 6.07) is 0. The molecule has 1 aliphatic rings. The normalized spacial score (nSPS) is 20.2. The van der Waals surface area contributed by atoms with Gasteiger partial charge in [0.2, 0.25) is 0 Å². The number of carbonyl (C=O) groups is 1. The maximum atomic E-state index is 11.4. The lowest BCUT2D eigenvalue weighted by Crippen LogP contribution is -2.06. The highest BCUT2D eigenvalue weighted by Crippen LogP contribution is 2.28. The lowest BCUT2D eigenvalue weighted by molar-refractivity contribution is -0.139. The van der Waals surface area contributed by atoms with E-state index in [0.29, 0.717) is 5.57 Å². The predicted molar refractivity (Wildman–Crippen MR) is 70.7 cm³/mol. The van der Waals surface area contributed by atoms with Gasteiger partial charge in [-0.25, -0.2) is 4.79 Å². The second-order valence-corrected chi connectivity index (χ2v) is 4.51. The lowest BCUT2D eigenvalue weighted by atomic mass is 9.99. The van der Waals surface area contributed by atoms with Crippen LogP contribution in [0, 0.1) is 0 Å². The van der Waals surface area contributed by atoms with E-state index in [-0.39, 0.29) is 12.1 Å². The average Bonchev–Trinajstić information content (AvgIpc) is 2.53. The first-order valence-corrected chi connectivity index (χ1v) is 6.35. The number of rotatable bonds is 6. The lowest BCUT2D eigenvalue weighted by Gasteiger charge is -2.08. The summed E-state index contributed by atoms with van der Waals surface area (Å²) in [5.41, 5.74) is 2.54. The van der Waals surface area contributed by atoms with Crippen LogP contribution in [0.15, 0.2) is 35.5 Å². The van der Waals surface area contributed by atoms with E-state index < -0.39 is 0 Å². The van der Waals surface area contributed by atoms with Gasteiger partial charge in [-0.2, -0.15) is 0 Å². The minimum Gasteiger partial charge on any atom is -0.454 e. The first-order valence-electron chi connectivity index (χ1n) is 6.35. The molecule has 0 bridgehead atoms. The van der Waals surface area contributed by atoms with Crippen molar-refractivity contribution in [1.82, 2.24) is 0 Å². The molecule has 0 aromatic carbocycles. The summed E-state index contributed by atoms with van der Waals surface area (Å²) in [5, 5.41) is 0. The van der Waals surface area contributed by atoms with E-state index in [0.717, 1.165) is 17.6 Å². The quantitative estimate of drug-likeness (QED) is 0.395. The van der Waals surface area contributed by atoms with E-state index in [1.165, 1.54) is 19.3 Å². The molecule has 94 valence electrons. The zero-order valence-electron chi connectivity index (χ0n) is 11.1. The topological polar surface area (TPSA) is 26.3 Å². The van der Waals surface area contributed by atoms with Gasteiger partial charge in [0, 0.05) is 11.1 Å². The molecular formula is C15H22O2. The van der Waals surface area contributed by atoms with E-state index in [1.807, 2.05) is 13.0 Å². The molecule has 17 heavy (non-hydrogen) atoms. The Labute approximate surface area is 104 Å². The molecule has 0 fully saturated rings. The van der Waals surface area contributed by atoms with Gasteiger partial charge in [0.1, 0.15) is 6.10 Å². The SMILES string of the molecule is C=C(/C=C/CCCCC)C1=C(C)C(=O)OC1C. The summed E-state index contributed by atoms with van der Waals surface area (Å²) in [6.07, 6.45) is 8.76. The summed E-state index contributed by atoms with van der Waals surface area (Å²) in [4.78, 5) is 11.4. The zero-order valence-corrected chi connectivity index (χ0v) is 11.1. The van der Waals surface area contributed by atoms with Gasteiger partial charge in [0.15, 0.2) is 0 Å². The Balaban J connectivity index is 2.56. The molecule has 1 atom stereocenters. The third-order valence-electron chi connectivity index (χ3n) is 3.04. The molecule has 2 heteroatoms. The van der Waals surface area contributed by atoms with Gasteiger partial charge in [-0.3, -0.25) is 0 Å². The van der Waals surface area contributed by atoms with Crippen molar-refractivity contribution in [3.63, 3.8) is 0 Å². The van der Waals surface area contributed by atoms with Crippen LogP contribution in [0.2, 0.25) is 0 Å². The number of allylic oxidation sites excluding steroid dienone is 2. The molecule has 1 heterocycles. The van der Waals surface area contributed by atoms with Crippen molar-refractivity contribution in [3.8, 4) is 0 Å². The molecule has 0 saturated heterocycles. The number of ether oxygens (including phenoxy) is 1. The molecule has 0 aromatic rings. The molecule has 1 aliphatic heterocycles. The van der Waals surface area contributed by atoms with Gasteiger partial charge in [0.25, 0.3) is 0 Å². The highest BCUT2D eigenvalue weighted by molar-refractivity contribution is 5.93. The summed E-state index contributed by atoms with van der Waals surface area (Å²) in [5.74, 6) is -0.215. The largest absolute Gasteiger partial charge is 0.454 e. The van der Waals surface area contributed by atoms with Gasteiger partial charge < -0.3 is 4.74 Å². The average molecular weight is 234 g/mol. The standard InChI is InChI=1S/C15H22O2/c1-5-6-7-8-9-10-11(2)14-12(3)15(16)17-13(14)4/h9-10,13H,2,5-8H2,1,3-4H3/b10-9+. The first kappa shape index (κ1) is 13.8. The fourth-order valence-electron chi connectivity index (χ4n) is 2.05. The molecule has 1 unspecified atom stereocenters. The molecule has 0 amide bonds. The van der Waals surface area contributed by atoms with Crippen molar-refractivity contribution in [2.24, 2.45) is 0 Å². The molecular weight excluding hydrogens is 212 g/mol. The molecule has 0 aliphatic carbocycles. The van der Waals surface area contributed by atoms with Crippen LogP contribution in [0.1, 0.15) is 46.5 Å². The zero-order chi connectivity index (χ0) is 12.8. The Bertz CT molecular complexity index is 361. The van der Waals surface area contributed by atoms with Crippen LogP contribution in [-0.2, 0) is 9.53 Å². The van der Waals surface area contributed by atoms with Crippen LogP contribution in [0.3, 0.4) is 0 Å². The Morgan fingerprint density at radius 1 is 1.47 bits per heavy atom. The Morgan fingerprint density at radius 2 is 2.18 bits per heavy atom. The van der Waals surface area contributed by atoms with Gasteiger partial charge >= 0.3 is 5.97 Å². The van der Waals surface area contributed by atoms with Crippen molar-refractivity contribution < 1.29 is 9.53 Å². The molecule has 0 saturated carbocycles. The molecule has 0 radical (unpaired) electrons. The molecule has 0 spiro atoms. The number of carbonyl (C=O) groups excluding carboxylic acids is 1. The van der Waals surface area contributed by atoms with E-state index >= 15 is 0 Å². The van der Waals surface area contributed by atoms with Crippen LogP contribution in [0.4, 0.5) is 0 Å². The van der Waals surface area contributed by atoms with Crippen LogP contribution < -0.4 is 0 Å². The summed E-state index contributed by atoms with van der Waals surface area (Å²) >= 11 is 0. The molecule has 2 nitrogen and oxygen atoms in total. The third-order valence-corrected chi connectivity index (χ3v) is 3.04. The third kappa shape index (κ3) is 3.58. The van der Waals surface area contributed by atoms with E-state index in [9.17, 15) is 4.79 Å². The summed E-state index contributed by atoms with van der Waals surface area (Å²) in [7, 11) is 0. The van der Waals surface area contributed by atoms with Crippen molar-refractivity contribution >= 4 is 5.97 Å². The number of cyclic esters (lactones) is 1. The molecule has 0 N–H and O–H groups in total. The molecule has 0 aromatic heterocycles. The van der Waals surface area contributed by atoms with Crippen molar-refractivity contribution in [3.05, 3.63) is 35.5 Å². The van der Waals surface area contributed by atoms with Crippen molar-refractivity contribution in [2.45, 2.75) is 52.6 Å². The van der Waals surface area contributed by atoms with Crippen LogP contribution >= 0.6 is 0 Å². The number of esters is 1. The predicted octanol–water partition coefficient (Wildman–Crippen LogP) is 3.94. The Morgan fingerprint density at radius 3 is 2.71 bits per heavy atom. The van der Waals surface area contributed by atoms with Crippen LogP contribution in [0.5, 0.6) is 0 Å². The van der Waals surface area contributed by atoms with Crippen LogP contribution in [0.25, 0.3) is 0 Å². The monoisotopic (exact) mass is 234 g/mol. The maximum absolute atomic E-state index is 11.4. The van der Waals surface area contributed by atoms with Crippen molar-refractivity contribution in [2.75, 3.05) is 0 Å². The summed E-state index contributed by atoms with van der Waals surface area (Å²) < 4.78 is 5.14.